The van der Waals surface area contributed by atoms with Gasteiger partial charge in [0, 0.05) is 31.3 Å². The molecular weight excluding hydrogens is 274 g/mol. The van der Waals surface area contributed by atoms with Crippen molar-refractivity contribution < 1.29 is 14.8 Å². The Hall–Kier alpha value is -2.15. The lowest BCUT2D eigenvalue weighted by atomic mass is 9.94. The summed E-state index contributed by atoms with van der Waals surface area (Å²) in [7, 11) is 0. The topological polar surface area (TPSA) is 110 Å². The first-order valence-electron chi connectivity index (χ1n) is 6.97. The molecule has 1 saturated heterocycles. The summed E-state index contributed by atoms with van der Waals surface area (Å²) >= 11 is 0. The molecule has 2 rings (SSSR count). The third kappa shape index (κ3) is 3.49. The zero-order valence-corrected chi connectivity index (χ0v) is 11.7. The first-order chi connectivity index (χ1) is 10.0. The molecule has 1 heterocycles. The van der Waals surface area contributed by atoms with Crippen LogP contribution in [0.15, 0.2) is 18.2 Å². The van der Waals surface area contributed by atoms with Crippen molar-refractivity contribution in [3.63, 3.8) is 0 Å². The number of nitrogens with two attached hydrogens (primary N) is 1. The second-order valence-electron chi connectivity index (χ2n) is 5.29. The lowest BCUT2D eigenvalue weighted by Gasteiger charge is -2.34. The van der Waals surface area contributed by atoms with Gasteiger partial charge >= 0.3 is 0 Å². The highest BCUT2D eigenvalue weighted by atomic mass is 16.6. The lowest BCUT2D eigenvalue weighted by molar-refractivity contribution is -0.384. The summed E-state index contributed by atoms with van der Waals surface area (Å²) in [6.07, 6.45) is 2.59. The van der Waals surface area contributed by atoms with Crippen LogP contribution in [-0.2, 0) is 0 Å². The Morgan fingerprint density at radius 1 is 1.52 bits per heavy atom. The van der Waals surface area contributed by atoms with Crippen LogP contribution < -0.4 is 10.6 Å². The highest BCUT2D eigenvalue weighted by molar-refractivity contribution is 5.94. The molecule has 0 aliphatic carbocycles. The average Bonchev–Trinajstić information content (AvgIpc) is 2.47. The van der Waals surface area contributed by atoms with Crippen LogP contribution in [0.1, 0.15) is 29.6 Å². The zero-order chi connectivity index (χ0) is 15.4. The molecule has 1 aromatic rings. The maximum Gasteiger partial charge on any atom is 0.292 e. The molecule has 0 saturated carbocycles. The number of anilines is 1. The van der Waals surface area contributed by atoms with Crippen LogP contribution >= 0.6 is 0 Å². The lowest BCUT2D eigenvalue weighted by Crippen LogP contribution is -2.36. The summed E-state index contributed by atoms with van der Waals surface area (Å²) in [5.41, 5.74) is 5.92. The number of piperidine rings is 1. The van der Waals surface area contributed by atoms with E-state index < -0.39 is 10.8 Å². The van der Waals surface area contributed by atoms with E-state index in [0.29, 0.717) is 31.1 Å². The normalized spacial score (nSPS) is 18.5. The number of nitrogens with zero attached hydrogens (tertiary/aromatic N) is 2. The molecule has 7 nitrogen and oxygen atoms in total. The Kier molecular flexibility index (Phi) is 4.74. The number of aliphatic hydroxyl groups excluding tert-OH is 1. The Bertz CT molecular complexity index is 545. The van der Waals surface area contributed by atoms with Gasteiger partial charge in [-0.3, -0.25) is 14.9 Å². The average molecular weight is 293 g/mol. The van der Waals surface area contributed by atoms with Gasteiger partial charge in [0.05, 0.1) is 4.92 Å². The molecule has 21 heavy (non-hydrogen) atoms. The van der Waals surface area contributed by atoms with Crippen LogP contribution in [-0.4, -0.2) is 35.6 Å². The minimum atomic E-state index is -0.602. The standard InChI is InChI=1S/C14H19N3O4/c15-14(19)11-3-4-12(17(20)21)13(8-11)16-6-1-2-10(9-16)5-7-18/h3-4,8,10,18H,1-2,5-7,9H2,(H2,15,19). The van der Waals surface area contributed by atoms with E-state index in [9.17, 15) is 14.9 Å². The Balaban J connectivity index is 2.33. The maximum absolute atomic E-state index is 11.3. The minimum absolute atomic E-state index is 0.0235. The number of rotatable bonds is 5. The Morgan fingerprint density at radius 2 is 2.29 bits per heavy atom. The summed E-state index contributed by atoms with van der Waals surface area (Å²) < 4.78 is 0. The third-order valence-electron chi connectivity index (χ3n) is 3.85. The fraction of sp³-hybridized carbons (Fsp3) is 0.500. The molecule has 7 heteroatoms. The maximum atomic E-state index is 11.3. The van der Waals surface area contributed by atoms with Crippen molar-refractivity contribution in [3.8, 4) is 0 Å². The second kappa shape index (κ2) is 6.53. The van der Waals surface area contributed by atoms with E-state index in [1.807, 2.05) is 4.90 Å². The number of hydrogen-bond acceptors (Lipinski definition) is 5. The van der Waals surface area contributed by atoms with Gasteiger partial charge < -0.3 is 15.7 Å². The van der Waals surface area contributed by atoms with E-state index in [2.05, 4.69) is 0 Å². The van der Waals surface area contributed by atoms with E-state index in [1.54, 1.807) is 0 Å². The van der Waals surface area contributed by atoms with Crippen LogP contribution in [0.2, 0.25) is 0 Å². The first kappa shape index (κ1) is 15.2. The van der Waals surface area contributed by atoms with Crippen molar-refractivity contribution in [2.45, 2.75) is 19.3 Å². The molecule has 0 radical (unpaired) electrons. The van der Waals surface area contributed by atoms with Crippen LogP contribution in [0.4, 0.5) is 11.4 Å². The zero-order valence-electron chi connectivity index (χ0n) is 11.7. The highest BCUT2D eigenvalue weighted by Crippen LogP contribution is 2.33. The summed E-state index contributed by atoms with van der Waals surface area (Å²) in [5, 5.41) is 20.2. The van der Waals surface area contributed by atoms with Crippen LogP contribution in [0.25, 0.3) is 0 Å². The van der Waals surface area contributed by atoms with Gasteiger partial charge in [0.2, 0.25) is 5.91 Å². The van der Waals surface area contributed by atoms with Gasteiger partial charge in [-0.1, -0.05) is 0 Å². The van der Waals surface area contributed by atoms with Gasteiger partial charge in [-0.05, 0) is 37.3 Å². The number of nitro benzene ring substituents is 1. The first-order valence-corrected chi connectivity index (χ1v) is 6.97. The van der Waals surface area contributed by atoms with Gasteiger partial charge in [0.15, 0.2) is 0 Å². The minimum Gasteiger partial charge on any atom is -0.396 e. The van der Waals surface area contributed by atoms with E-state index >= 15 is 0 Å². The highest BCUT2D eigenvalue weighted by Gasteiger charge is 2.26. The van der Waals surface area contributed by atoms with E-state index in [-0.39, 0.29) is 17.9 Å². The van der Waals surface area contributed by atoms with Crippen LogP contribution in [0, 0.1) is 16.0 Å². The SMILES string of the molecule is NC(=O)c1ccc([N+](=O)[O-])c(N2CCCC(CCO)C2)c1. The Labute approximate surface area is 122 Å². The smallest absolute Gasteiger partial charge is 0.292 e. The molecule has 114 valence electrons. The quantitative estimate of drug-likeness (QED) is 0.628. The molecule has 1 amide bonds. The third-order valence-corrected chi connectivity index (χ3v) is 3.85. The molecule has 1 aromatic carbocycles. The molecule has 1 unspecified atom stereocenters. The van der Waals surface area contributed by atoms with Gasteiger partial charge in [0.25, 0.3) is 5.69 Å². The number of carbonyl (C=O) groups is 1. The monoisotopic (exact) mass is 293 g/mol. The molecule has 0 bridgehead atoms. The van der Waals surface area contributed by atoms with Crippen molar-refractivity contribution >= 4 is 17.3 Å². The van der Waals surface area contributed by atoms with Crippen LogP contribution in [0.5, 0.6) is 0 Å². The number of amides is 1. The summed E-state index contributed by atoms with van der Waals surface area (Å²) in [5.74, 6) is -0.296. The summed E-state index contributed by atoms with van der Waals surface area (Å²) in [6, 6.07) is 4.19. The fourth-order valence-electron chi connectivity index (χ4n) is 2.79. The summed E-state index contributed by atoms with van der Waals surface area (Å²) in [6.45, 7) is 1.45. The largest absolute Gasteiger partial charge is 0.396 e. The van der Waals surface area contributed by atoms with Crippen molar-refractivity contribution in [2.75, 3.05) is 24.6 Å². The molecule has 1 fully saturated rings. The van der Waals surface area contributed by atoms with Gasteiger partial charge in [-0.2, -0.15) is 0 Å². The number of nitro groups is 1. The molecular formula is C14H19N3O4. The molecule has 0 spiro atoms. The predicted molar refractivity (Wildman–Crippen MR) is 78.3 cm³/mol. The number of aliphatic hydroxyl groups is 1. The molecule has 1 atom stereocenters. The van der Waals surface area contributed by atoms with Crippen molar-refractivity contribution in [1.29, 1.82) is 0 Å². The van der Waals surface area contributed by atoms with Gasteiger partial charge in [0.1, 0.15) is 5.69 Å². The number of hydrogen-bond donors (Lipinski definition) is 2. The predicted octanol–water partition coefficient (Wildman–Crippen LogP) is 1.29. The number of carbonyl (C=O) groups excluding carboxylic acids is 1. The summed E-state index contributed by atoms with van der Waals surface area (Å²) in [4.78, 5) is 23.9. The fourth-order valence-corrected chi connectivity index (χ4v) is 2.79. The van der Waals surface area contributed by atoms with Gasteiger partial charge in [-0.25, -0.2) is 0 Å². The van der Waals surface area contributed by atoms with E-state index in [1.165, 1.54) is 18.2 Å². The molecule has 3 N–H and O–H groups in total. The van der Waals surface area contributed by atoms with Crippen LogP contribution in [0.3, 0.4) is 0 Å². The van der Waals surface area contributed by atoms with Crippen molar-refractivity contribution in [3.05, 3.63) is 33.9 Å². The van der Waals surface area contributed by atoms with E-state index in [0.717, 1.165) is 12.8 Å². The van der Waals surface area contributed by atoms with E-state index in [4.69, 9.17) is 10.8 Å². The van der Waals surface area contributed by atoms with Crippen molar-refractivity contribution in [2.24, 2.45) is 11.7 Å². The van der Waals surface area contributed by atoms with Gasteiger partial charge in [-0.15, -0.1) is 0 Å². The molecule has 1 aliphatic rings. The Morgan fingerprint density at radius 3 is 2.90 bits per heavy atom. The number of benzene rings is 1. The second-order valence-corrected chi connectivity index (χ2v) is 5.29. The molecule has 0 aromatic heterocycles. The van der Waals surface area contributed by atoms with Crippen molar-refractivity contribution in [1.82, 2.24) is 0 Å². The number of primary amides is 1. The molecule has 1 aliphatic heterocycles.